The third kappa shape index (κ3) is 2.46. The highest BCUT2D eigenvalue weighted by Gasteiger charge is 2.29. The lowest BCUT2D eigenvalue weighted by atomic mass is 9.81. The zero-order valence-electron chi connectivity index (χ0n) is 19.8. The van der Waals surface area contributed by atoms with Crippen LogP contribution in [0.3, 0.4) is 0 Å². The average Bonchev–Trinajstić information content (AvgIpc) is 3.03. The highest BCUT2D eigenvalue weighted by molar-refractivity contribution is 6.35. The van der Waals surface area contributed by atoms with E-state index in [1.54, 1.807) is 0 Å². The molecule has 30 heavy (non-hydrogen) atoms. The van der Waals surface area contributed by atoms with Gasteiger partial charge in [-0.2, -0.15) is 0 Å². The Kier molecular flexibility index (Phi) is 4.30. The zero-order chi connectivity index (χ0) is 21.5. The van der Waals surface area contributed by atoms with E-state index in [1.165, 1.54) is 65.7 Å². The maximum atomic E-state index is 2.55. The predicted octanol–water partition coefficient (Wildman–Crippen LogP) is 9.62. The first-order chi connectivity index (χ1) is 14.2. The molecule has 0 amide bonds. The van der Waals surface area contributed by atoms with Gasteiger partial charge in [-0.3, -0.25) is 0 Å². The Bertz CT molecular complexity index is 1330. The van der Waals surface area contributed by atoms with Gasteiger partial charge in [0.2, 0.25) is 0 Å². The summed E-state index contributed by atoms with van der Waals surface area (Å²) in [7, 11) is 0. The number of hydrogen-bond acceptors (Lipinski definition) is 0. The molecule has 1 aliphatic rings. The molecule has 0 bridgehead atoms. The second kappa shape index (κ2) is 6.58. The molecule has 0 aliphatic heterocycles. The highest BCUT2D eigenvalue weighted by Crippen LogP contribution is 2.54. The van der Waals surface area contributed by atoms with Crippen LogP contribution in [0.15, 0.2) is 36.4 Å². The van der Waals surface area contributed by atoms with Gasteiger partial charge in [0.1, 0.15) is 0 Å². The quantitative estimate of drug-likeness (QED) is 0.266. The Labute approximate surface area is 181 Å². The normalized spacial score (nSPS) is 13.2. The number of benzene rings is 4. The Morgan fingerprint density at radius 1 is 0.500 bits per heavy atom. The molecule has 0 heterocycles. The molecule has 0 fully saturated rings. The Morgan fingerprint density at radius 2 is 1.10 bits per heavy atom. The molecule has 0 spiro atoms. The molecule has 4 aromatic rings. The van der Waals surface area contributed by atoms with Crippen molar-refractivity contribution in [3.8, 4) is 11.1 Å². The summed E-state index contributed by atoms with van der Waals surface area (Å²) in [6.07, 6.45) is 0. The first kappa shape index (κ1) is 19.6. The predicted molar refractivity (Wildman–Crippen MR) is 134 cm³/mol. The fourth-order valence-corrected chi connectivity index (χ4v) is 5.77. The van der Waals surface area contributed by atoms with E-state index in [9.17, 15) is 0 Å². The minimum absolute atomic E-state index is 0.505. The summed E-state index contributed by atoms with van der Waals surface area (Å²) in [6.45, 7) is 18.8. The van der Waals surface area contributed by atoms with E-state index < -0.39 is 0 Å². The Balaban J connectivity index is 2.18. The van der Waals surface area contributed by atoms with Crippen LogP contribution in [-0.2, 0) is 0 Å². The summed E-state index contributed by atoms with van der Waals surface area (Å²) in [5, 5.41) is 8.97. The molecular weight excluding hydrogens is 360 g/mol. The van der Waals surface area contributed by atoms with Gasteiger partial charge in [-0.05, 0) is 95.4 Å². The van der Waals surface area contributed by atoms with Crippen molar-refractivity contribution in [1.82, 2.24) is 0 Å². The number of hydrogen-bond donors (Lipinski definition) is 0. The molecule has 5 rings (SSSR count). The van der Waals surface area contributed by atoms with Crippen LogP contribution >= 0.6 is 0 Å². The highest BCUT2D eigenvalue weighted by atomic mass is 14.3. The third-order valence-corrected chi connectivity index (χ3v) is 7.22. The molecule has 0 saturated carbocycles. The third-order valence-electron chi connectivity index (χ3n) is 7.22. The van der Waals surface area contributed by atoms with Crippen LogP contribution in [0.1, 0.15) is 101 Å². The lowest BCUT2D eigenvalue weighted by Crippen LogP contribution is -2.01. The second-order valence-corrected chi connectivity index (χ2v) is 10.6. The molecule has 0 atom stereocenters. The van der Waals surface area contributed by atoms with E-state index >= 15 is 0 Å². The van der Waals surface area contributed by atoms with Crippen molar-refractivity contribution < 1.29 is 0 Å². The molecule has 0 unspecified atom stereocenters. The van der Waals surface area contributed by atoms with Gasteiger partial charge in [0.25, 0.3) is 0 Å². The lowest BCUT2D eigenvalue weighted by Gasteiger charge is -2.22. The van der Waals surface area contributed by atoms with Gasteiger partial charge in [0.15, 0.2) is 0 Å². The molecule has 154 valence electrons. The van der Waals surface area contributed by atoms with Gasteiger partial charge in [0, 0.05) is 0 Å². The SMILES string of the molecule is CC(C)c1cc(C(C)C)c2cc(C(C)C)c3c(C(C)C)cc4cccc5c4c3c2c1-5. The maximum Gasteiger partial charge on any atom is -0.000835 e. The smallest absolute Gasteiger partial charge is 0.000835 e. The van der Waals surface area contributed by atoms with E-state index in [0.717, 1.165) is 0 Å². The fourth-order valence-electron chi connectivity index (χ4n) is 5.77. The first-order valence-electron chi connectivity index (χ1n) is 11.7. The van der Waals surface area contributed by atoms with Crippen molar-refractivity contribution in [2.45, 2.75) is 79.1 Å². The molecule has 0 saturated heterocycles. The Morgan fingerprint density at radius 3 is 1.70 bits per heavy atom. The molecule has 0 nitrogen and oxygen atoms in total. The van der Waals surface area contributed by atoms with Crippen molar-refractivity contribution >= 4 is 32.3 Å². The van der Waals surface area contributed by atoms with Crippen molar-refractivity contribution in [3.05, 3.63) is 58.7 Å². The molecule has 1 aliphatic carbocycles. The van der Waals surface area contributed by atoms with E-state index in [-0.39, 0.29) is 0 Å². The van der Waals surface area contributed by atoms with Crippen LogP contribution in [0.25, 0.3) is 43.4 Å². The summed E-state index contributed by atoms with van der Waals surface area (Å²) >= 11 is 0. The van der Waals surface area contributed by atoms with Crippen molar-refractivity contribution in [2.24, 2.45) is 0 Å². The summed E-state index contributed by atoms with van der Waals surface area (Å²) in [4.78, 5) is 0. The summed E-state index contributed by atoms with van der Waals surface area (Å²) in [6, 6.07) is 14.5. The maximum absolute atomic E-state index is 2.55. The van der Waals surface area contributed by atoms with Gasteiger partial charge >= 0.3 is 0 Å². The van der Waals surface area contributed by atoms with Crippen molar-refractivity contribution in [3.63, 3.8) is 0 Å². The van der Waals surface area contributed by atoms with Gasteiger partial charge in [-0.1, -0.05) is 85.7 Å². The van der Waals surface area contributed by atoms with Gasteiger partial charge in [-0.25, -0.2) is 0 Å². The van der Waals surface area contributed by atoms with Gasteiger partial charge in [-0.15, -0.1) is 0 Å². The average molecular weight is 395 g/mol. The fraction of sp³-hybridized carbons (Fsp3) is 0.400. The van der Waals surface area contributed by atoms with Crippen LogP contribution in [-0.4, -0.2) is 0 Å². The van der Waals surface area contributed by atoms with Crippen LogP contribution in [0, 0.1) is 0 Å². The van der Waals surface area contributed by atoms with Crippen LogP contribution < -0.4 is 0 Å². The molecule has 0 N–H and O–H groups in total. The van der Waals surface area contributed by atoms with Gasteiger partial charge < -0.3 is 0 Å². The summed E-state index contributed by atoms with van der Waals surface area (Å²) < 4.78 is 0. The van der Waals surface area contributed by atoms with Gasteiger partial charge in [0.05, 0.1) is 0 Å². The second-order valence-electron chi connectivity index (χ2n) is 10.6. The van der Waals surface area contributed by atoms with E-state index in [2.05, 4.69) is 91.8 Å². The minimum atomic E-state index is 0.505. The van der Waals surface area contributed by atoms with Crippen LogP contribution in [0.5, 0.6) is 0 Å². The lowest BCUT2D eigenvalue weighted by molar-refractivity contribution is 0.841. The monoisotopic (exact) mass is 394 g/mol. The molecule has 0 radical (unpaired) electrons. The minimum Gasteiger partial charge on any atom is -0.0610 e. The molecule has 4 aromatic carbocycles. The van der Waals surface area contributed by atoms with E-state index in [1.807, 2.05) is 0 Å². The topological polar surface area (TPSA) is 0 Å². The molecular formula is C30H34. The zero-order valence-corrected chi connectivity index (χ0v) is 19.8. The molecule has 0 heteroatoms. The summed E-state index contributed by atoms with van der Waals surface area (Å²) in [5.74, 6) is 2.04. The number of fused-ring (bicyclic) bond motifs is 1. The van der Waals surface area contributed by atoms with Crippen molar-refractivity contribution in [2.75, 3.05) is 0 Å². The van der Waals surface area contributed by atoms with Crippen LogP contribution in [0.2, 0.25) is 0 Å². The van der Waals surface area contributed by atoms with Crippen molar-refractivity contribution in [1.29, 1.82) is 0 Å². The summed E-state index contributed by atoms with van der Waals surface area (Å²) in [5.41, 5.74) is 9.01. The standard InChI is InChI=1S/C30H34/c1-15(2)21-13-23(17(5)6)27-20-11-9-10-19-12-22(16(3)4)28-24(18(7)8)14-25(21)29(27)30(28)26(19)20/h9-18H,1-8H3. The van der Waals surface area contributed by atoms with E-state index in [0.29, 0.717) is 23.7 Å². The van der Waals surface area contributed by atoms with E-state index in [4.69, 9.17) is 0 Å². The molecule has 0 aromatic heterocycles. The number of rotatable bonds is 4. The van der Waals surface area contributed by atoms with Crippen LogP contribution in [0.4, 0.5) is 0 Å². The largest absolute Gasteiger partial charge is 0.0610 e. The Hall–Kier alpha value is -2.34. The first-order valence-corrected chi connectivity index (χ1v) is 11.7.